The molecule has 1 aromatic carbocycles. The van der Waals surface area contributed by atoms with E-state index in [4.69, 9.17) is 0 Å². The predicted octanol–water partition coefficient (Wildman–Crippen LogP) is 3.09. The monoisotopic (exact) mass is 231 g/mol. The zero-order valence-electron chi connectivity index (χ0n) is 10.5. The Bertz CT molecular complexity index is 343. The summed E-state index contributed by atoms with van der Waals surface area (Å²) in [6.07, 6.45) is 7.61. The van der Waals surface area contributed by atoms with Gasteiger partial charge in [0.25, 0.3) is 0 Å². The quantitative estimate of drug-likeness (QED) is 0.567. The molecule has 0 atom stereocenters. The smallest absolute Gasteiger partial charge is 0.220 e. The minimum Gasteiger partial charge on any atom is -0.356 e. The molecular formula is C15H21NO. The van der Waals surface area contributed by atoms with Crippen molar-refractivity contribution in [3.05, 3.63) is 48.0 Å². The van der Waals surface area contributed by atoms with Gasteiger partial charge in [-0.05, 0) is 31.7 Å². The summed E-state index contributed by atoms with van der Waals surface area (Å²) in [5, 5.41) is 2.94. The van der Waals surface area contributed by atoms with Crippen LogP contribution in [-0.4, -0.2) is 12.5 Å². The standard InChI is InChI=1S/C15H21NO/c1-2-3-4-8-13-16-15(17)12-11-14-9-6-5-7-10-14/h2-3,5-7,9-10H,4,8,11-13H2,1H3,(H,16,17)/b3-2-. The molecule has 1 amide bonds. The van der Waals surface area contributed by atoms with E-state index < -0.39 is 0 Å². The van der Waals surface area contributed by atoms with Gasteiger partial charge in [-0.15, -0.1) is 0 Å². The number of hydrogen-bond acceptors (Lipinski definition) is 1. The van der Waals surface area contributed by atoms with Crippen molar-refractivity contribution in [3.8, 4) is 0 Å². The Labute approximate surface area is 104 Å². The topological polar surface area (TPSA) is 29.1 Å². The van der Waals surface area contributed by atoms with Crippen LogP contribution in [0.4, 0.5) is 0 Å². The summed E-state index contributed by atoms with van der Waals surface area (Å²) in [6.45, 7) is 2.79. The fourth-order valence-electron chi connectivity index (χ4n) is 1.61. The maximum absolute atomic E-state index is 11.5. The van der Waals surface area contributed by atoms with Crippen LogP contribution in [-0.2, 0) is 11.2 Å². The average Bonchev–Trinajstić information content (AvgIpc) is 2.37. The summed E-state index contributed by atoms with van der Waals surface area (Å²) in [4.78, 5) is 11.5. The van der Waals surface area contributed by atoms with Gasteiger partial charge in [-0.3, -0.25) is 4.79 Å². The SMILES string of the molecule is C/C=C\CCCNC(=O)CCc1ccccc1. The van der Waals surface area contributed by atoms with Crippen LogP contribution in [0.15, 0.2) is 42.5 Å². The molecule has 0 unspecified atom stereocenters. The summed E-state index contributed by atoms with van der Waals surface area (Å²) in [7, 11) is 0. The Morgan fingerprint density at radius 2 is 2.06 bits per heavy atom. The summed E-state index contributed by atoms with van der Waals surface area (Å²) in [6, 6.07) is 10.1. The van der Waals surface area contributed by atoms with E-state index in [1.807, 2.05) is 31.2 Å². The van der Waals surface area contributed by atoms with E-state index >= 15 is 0 Å². The number of carbonyl (C=O) groups is 1. The summed E-state index contributed by atoms with van der Waals surface area (Å²) < 4.78 is 0. The summed E-state index contributed by atoms with van der Waals surface area (Å²) in [5.41, 5.74) is 1.22. The van der Waals surface area contributed by atoms with Crippen molar-refractivity contribution in [1.29, 1.82) is 0 Å². The van der Waals surface area contributed by atoms with Gasteiger partial charge >= 0.3 is 0 Å². The average molecular weight is 231 g/mol. The Kier molecular flexibility index (Phi) is 6.80. The lowest BCUT2D eigenvalue weighted by molar-refractivity contribution is -0.121. The highest BCUT2D eigenvalue weighted by atomic mass is 16.1. The second-order valence-corrected chi connectivity index (χ2v) is 4.05. The maximum atomic E-state index is 11.5. The normalized spacial score (nSPS) is 10.6. The Balaban J connectivity index is 2.09. The molecule has 0 aliphatic carbocycles. The molecule has 92 valence electrons. The molecule has 0 radical (unpaired) electrons. The number of rotatable bonds is 7. The van der Waals surface area contributed by atoms with Crippen LogP contribution in [0.2, 0.25) is 0 Å². The van der Waals surface area contributed by atoms with Gasteiger partial charge in [0.2, 0.25) is 5.91 Å². The van der Waals surface area contributed by atoms with E-state index in [1.54, 1.807) is 0 Å². The Morgan fingerprint density at radius 1 is 1.29 bits per heavy atom. The maximum Gasteiger partial charge on any atom is 0.220 e. The van der Waals surface area contributed by atoms with Gasteiger partial charge in [0.1, 0.15) is 0 Å². The van der Waals surface area contributed by atoms with Crippen LogP contribution in [0.1, 0.15) is 31.7 Å². The Hall–Kier alpha value is -1.57. The van der Waals surface area contributed by atoms with Gasteiger partial charge in [0, 0.05) is 13.0 Å². The van der Waals surface area contributed by atoms with Crippen molar-refractivity contribution in [1.82, 2.24) is 5.32 Å². The zero-order valence-corrected chi connectivity index (χ0v) is 10.5. The number of allylic oxidation sites excluding steroid dienone is 2. The number of nitrogens with one attached hydrogen (secondary N) is 1. The first-order chi connectivity index (χ1) is 8.33. The molecule has 0 aliphatic rings. The molecule has 0 fully saturated rings. The minimum atomic E-state index is 0.148. The van der Waals surface area contributed by atoms with Crippen LogP contribution in [0.3, 0.4) is 0 Å². The minimum absolute atomic E-state index is 0.148. The fraction of sp³-hybridized carbons (Fsp3) is 0.400. The third kappa shape index (κ3) is 6.56. The third-order valence-corrected chi connectivity index (χ3v) is 2.59. The molecule has 2 nitrogen and oxygen atoms in total. The van der Waals surface area contributed by atoms with Gasteiger partial charge in [-0.1, -0.05) is 42.5 Å². The lowest BCUT2D eigenvalue weighted by Crippen LogP contribution is -2.24. The van der Waals surface area contributed by atoms with Crippen molar-refractivity contribution in [2.24, 2.45) is 0 Å². The largest absolute Gasteiger partial charge is 0.356 e. The number of aryl methyl sites for hydroxylation is 1. The third-order valence-electron chi connectivity index (χ3n) is 2.59. The van der Waals surface area contributed by atoms with Gasteiger partial charge in [0.05, 0.1) is 0 Å². The van der Waals surface area contributed by atoms with Gasteiger partial charge in [-0.2, -0.15) is 0 Å². The summed E-state index contributed by atoms with van der Waals surface area (Å²) >= 11 is 0. The highest BCUT2D eigenvalue weighted by Gasteiger charge is 2.00. The molecule has 17 heavy (non-hydrogen) atoms. The molecule has 0 saturated heterocycles. The zero-order chi connectivity index (χ0) is 12.3. The fourth-order valence-corrected chi connectivity index (χ4v) is 1.61. The number of benzene rings is 1. The molecule has 0 bridgehead atoms. The van der Waals surface area contributed by atoms with E-state index in [9.17, 15) is 4.79 Å². The molecule has 0 aromatic heterocycles. The van der Waals surface area contributed by atoms with Gasteiger partial charge in [0.15, 0.2) is 0 Å². The van der Waals surface area contributed by atoms with E-state index in [2.05, 4.69) is 23.5 Å². The number of amides is 1. The number of unbranched alkanes of at least 4 members (excludes halogenated alkanes) is 1. The first-order valence-electron chi connectivity index (χ1n) is 6.24. The van der Waals surface area contributed by atoms with E-state index in [1.165, 1.54) is 5.56 Å². The van der Waals surface area contributed by atoms with E-state index in [0.29, 0.717) is 6.42 Å². The molecule has 1 rings (SSSR count). The van der Waals surface area contributed by atoms with Crippen LogP contribution in [0.5, 0.6) is 0 Å². The highest BCUT2D eigenvalue weighted by Crippen LogP contribution is 2.02. The predicted molar refractivity (Wildman–Crippen MR) is 71.8 cm³/mol. The molecular weight excluding hydrogens is 210 g/mol. The van der Waals surface area contributed by atoms with Crippen LogP contribution < -0.4 is 5.32 Å². The molecule has 0 aliphatic heterocycles. The molecule has 1 N–H and O–H groups in total. The van der Waals surface area contributed by atoms with Crippen molar-refractivity contribution in [3.63, 3.8) is 0 Å². The van der Waals surface area contributed by atoms with Crippen molar-refractivity contribution in [2.75, 3.05) is 6.54 Å². The van der Waals surface area contributed by atoms with E-state index in [0.717, 1.165) is 25.8 Å². The van der Waals surface area contributed by atoms with Crippen molar-refractivity contribution >= 4 is 5.91 Å². The molecule has 0 saturated carbocycles. The molecule has 0 heterocycles. The van der Waals surface area contributed by atoms with Crippen LogP contribution in [0, 0.1) is 0 Å². The van der Waals surface area contributed by atoms with Crippen LogP contribution >= 0.6 is 0 Å². The van der Waals surface area contributed by atoms with E-state index in [-0.39, 0.29) is 5.91 Å². The lowest BCUT2D eigenvalue weighted by Gasteiger charge is -2.04. The second kappa shape index (κ2) is 8.57. The number of hydrogen-bond donors (Lipinski definition) is 1. The highest BCUT2D eigenvalue weighted by molar-refractivity contribution is 5.76. The van der Waals surface area contributed by atoms with Gasteiger partial charge < -0.3 is 5.32 Å². The molecule has 1 aromatic rings. The number of carbonyl (C=O) groups excluding carboxylic acids is 1. The van der Waals surface area contributed by atoms with Gasteiger partial charge in [-0.25, -0.2) is 0 Å². The van der Waals surface area contributed by atoms with Crippen LogP contribution in [0.25, 0.3) is 0 Å². The Morgan fingerprint density at radius 3 is 2.76 bits per heavy atom. The lowest BCUT2D eigenvalue weighted by atomic mass is 10.1. The second-order valence-electron chi connectivity index (χ2n) is 4.05. The first-order valence-corrected chi connectivity index (χ1v) is 6.24. The molecule has 0 spiro atoms. The summed E-state index contributed by atoms with van der Waals surface area (Å²) in [5.74, 6) is 0.148. The molecule has 2 heteroatoms. The van der Waals surface area contributed by atoms with Crippen molar-refractivity contribution in [2.45, 2.75) is 32.6 Å². The van der Waals surface area contributed by atoms with Crippen molar-refractivity contribution < 1.29 is 4.79 Å². The first kappa shape index (κ1) is 13.5.